The van der Waals surface area contributed by atoms with Gasteiger partial charge in [0.05, 0.1) is 6.10 Å². The maximum atomic E-state index is 10.4. The first-order valence-electron chi connectivity index (χ1n) is 8.28. The average molecular weight is 303 g/mol. The summed E-state index contributed by atoms with van der Waals surface area (Å²) in [5.41, 5.74) is 2.38. The van der Waals surface area contributed by atoms with E-state index in [9.17, 15) is 5.11 Å². The van der Waals surface area contributed by atoms with Gasteiger partial charge < -0.3 is 15.3 Å². The van der Waals surface area contributed by atoms with Crippen LogP contribution in [0.25, 0.3) is 6.08 Å². The summed E-state index contributed by atoms with van der Waals surface area (Å²) in [5.74, 6) is 0. The molecular weight excluding hydrogens is 274 g/mol. The minimum Gasteiger partial charge on any atom is -0.390 e. The first-order chi connectivity index (χ1) is 10.7. The van der Waals surface area contributed by atoms with Crippen molar-refractivity contribution in [1.82, 2.24) is 10.2 Å². The van der Waals surface area contributed by atoms with Crippen LogP contribution in [-0.4, -0.2) is 62.4 Å². The zero-order valence-corrected chi connectivity index (χ0v) is 13.8. The number of aliphatic hydroxyl groups excluding tert-OH is 1. The van der Waals surface area contributed by atoms with E-state index in [1.807, 2.05) is 0 Å². The number of rotatable bonds is 7. The second-order valence-electron chi connectivity index (χ2n) is 5.95. The third-order valence-electron chi connectivity index (χ3n) is 4.04. The molecule has 1 fully saturated rings. The number of allylic oxidation sites excluding steroid dienone is 1. The third-order valence-corrected chi connectivity index (χ3v) is 4.04. The Balaban J connectivity index is 1.93. The largest absolute Gasteiger partial charge is 0.390 e. The van der Waals surface area contributed by atoms with Gasteiger partial charge in [0.1, 0.15) is 0 Å². The van der Waals surface area contributed by atoms with E-state index >= 15 is 0 Å². The fraction of sp³-hybridized carbons (Fsp3) is 0.556. The van der Waals surface area contributed by atoms with Crippen molar-refractivity contribution < 1.29 is 5.11 Å². The molecule has 0 aliphatic carbocycles. The second-order valence-corrected chi connectivity index (χ2v) is 5.95. The Bertz CT molecular complexity index is 469. The number of anilines is 1. The molecule has 0 spiro atoms. The molecule has 1 aromatic carbocycles. The first kappa shape index (κ1) is 17.0. The molecule has 2 rings (SSSR count). The Morgan fingerprint density at radius 2 is 2.05 bits per heavy atom. The molecule has 0 bridgehead atoms. The van der Waals surface area contributed by atoms with E-state index in [1.54, 1.807) is 0 Å². The van der Waals surface area contributed by atoms with E-state index in [1.165, 1.54) is 11.3 Å². The monoisotopic (exact) mass is 303 g/mol. The molecule has 22 heavy (non-hydrogen) atoms. The zero-order valence-electron chi connectivity index (χ0n) is 13.8. The number of hydrogen-bond donors (Lipinski definition) is 2. The second kappa shape index (κ2) is 8.93. The summed E-state index contributed by atoms with van der Waals surface area (Å²) >= 11 is 0. The molecule has 1 aliphatic rings. The van der Waals surface area contributed by atoms with Crippen molar-refractivity contribution in [3.8, 4) is 0 Å². The van der Waals surface area contributed by atoms with Crippen molar-refractivity contribution in [3.05, 3.63) is 35.9 Å². The summed E-state index contributed by atoms with van der Waals surface area (Å²) in [6, 6.07) is 8.36. The first-order valence-corrected chi connectivity index (χ1v) is 8.28. The summed E-state index contributed by atoms with van der Waals surface area (Å²) in [7, 11) is 2.06. The van der Waals surface area contributed by atoms with Gasteiger partial charge in [-0.05, 0) is 18.1 Å². The average Bonchev–Trinajstić information content (AvgIpc) is 2.54. The van der Waals surface area contributed by atoms with Gasteiger partial charge in [0.15, 0.2) is 0 Å². The minimum absolute atomic E-state index is 0.327. The lowest BCUT2D eigenvalue weighted by atomic mass is 10.1. The molecule has 2 N–H and O–H groups in total. The molecule has 122 valence electrons. The van der Waals surface area contributed by atoms with Crippen LogP contribution >= 0.6 is 0 Å². The van der Waals surface area contributed by atoms with Crippen LogP contribution in [0.3, 0.4) is 0 Å². The maximum absolute atomic E-state index is 10.4. The number of piperazine rings is 1. The number of β-amino-alcohol motifs (C(OH)–C–C–N with tert-alkyl or cyclic N) is 1. The van der Waals surface area contributed by atoms with Gasteiger partial charge in [-0.1, -0.05) is 37.3 Å². The van der Waals surface area contributed by atoms with Crippen LogP contribution in [0, 0.1) is 0 Å². The Morgan fingerprint density at radius 3 is 2.77 bits per heavy atom. The van der Waals surface area contributed by atoms with Crippen molar-refractivity contribution in [2.45, 2.75) is 19.4 Å². The Labute approximate surface area is 134 Å². The van der Waals surface area contributed by atoms with Gasteiger partial charge >= 0.3 is 0 Å². The minimum atomic E-state index is -0.327. The third kappa shape index (κ3) is 5.13. The van der Waals surface area contributed by atoms with Crippen molar-refractivity contribution in [2.75, 3.05) is 51.2 Å². The number of hydrogen-bond acceptors (Lipinski definition) is 4. The van der Waals surface area contributed by atoms with E-state index in [4.69, 9.17) is 0 Å². The highest BCUT2D eigenvalue weighted by Gasteiger charge is 2.16. The summed E-state index contributed by atoms with van der Waals surface area (Å²) in [6.45, 7) is 7.63. The van der Waals surface area contributed by atoms with Crippen LogP contribution in [0.15, 0.2) is 30.3 Å². The van der Waals surface area contributed by atoms with Crippen LogP contribution in [0.1, 0.15) is 18.9 Å². The highest BCUT2D eigenvalue weighted by atomic mass is 16.3. The molecule has 0 amide bonds. The highest BCUT2D eigenvalue weighted by molar-refractivity contribution is 5.67. The fourth-order valence-electron chi connectivity index (χ4n) is 2.88. The van der Waals surface area contributed by atoms with Crippen molar-refractivity contribution in [2.24, 2.45) is 0 Å². The summed E-state index contributed by atoms with van der Waals surface area (Å²) < 4.78 is 0. The van der Waals surface area contributed by atoms with Gasteiger partial charge in [-0.2, -0.15) is 0 Å². The maximum Gasteiger partial charge on any atom is 0.0841 e. The predicted octanol–water partition coefficient (Wildman–Crippen LogP) is 1.81. The predicted molar refractivity (Wildman–Crippen MR) is 94.4 cm³/mol. The summed E-state index contributed by atoms with van der Waals surface area (Å²) in [4.78, 5) is 4.49. The molecular formula is C18H29N3O. The molecule has 1 unspecified atom stereocenters. The van der Waals surface area contributed by atoms with E-state index in [2.05, 4.69) is 65.5 Å². The van der Waals surface area contributed by atoms with Crippen molar-refractivity contribution >= 4 is 11.8 Å². The zero-order chi connectivity index (χ0) is 15.8. The molecule has 4 nitrogen and oxygen atoms in total. The lowest BCUT2D eigenvalue weighted by molar-refractivity contribution is 0.110. The van der Waals surface area contributed by atoms with Crippen LogP contribution in [0.4, 0.5) is 5.69 Å². The molecule has 0 saturated carbocycles. The number of nitrogens with one attached hydrogen (secondary N) is 1. The van der Waals surface area contributed by atoms with Crippen LogP contribution < -0.4 is 10.2 Å². The van der Waals surface area contributed by atoms with E-state index in [-0.39, 0.29) is 6.10 Å². The molecule has 0 aromatic heterocycles. The smallest absolute Gasteiger partial charge is 0.0841 e. The van der Waals surface area contributed by atoms with E-state index < -0.39 is 0 Å². The normalized spacial score (nSPS) is 17.8. The lowest BCUT2D eigenvalue weighted by Gasteiger charge is -2.31. The van der Waals surface area contributed by atoms with Gasteiger partial charge in [0, 0.05) is 52.0 Å². The van der Waals surface area contributed by atoms with Crippen molar-refractivity contribution in [3.63, 3.8) is 0 Å². The quantitative estimate of drug-likeness (QED) is 0.806. The number of para-hydroxylation sites is 1. The number of benzene rings is 1. The van der Waals surface area contributed by atoms with Gasteiger partial charge in [0.2, 0.25) is 0 Å². The topological polar surface area (TPSA) is 38.7 Å². The molecule has 1 aliphatic heterocycles. The fourth-order valence-corrected chi connectivity index (χ4v) is 2.88. The summed E-state index contributed by atoms with van der Waals surface area (Å²) in [5, 5.41) is 13.7. The lowest BCUT2D eigenvalue weighted by Crippen LogP contribution is -2.48. The number of likely N-dealkylation sites (N-methyl/N-ethyl adjacent to an activating group) is 1. The number of aliphatic hydroxyl groups is 1. The van der Waals surface area contributed by atoms with E-state index in [0.717, 1.165) is 39.1 Å². The Hall–Kier alpha value is -1.36. The van der Waals surface area contributed by atoms with Gasteiger partial charge in [-0.15, -0.1) is 0 Å². The highest BCUT2D eigenvalue weighted by Crippen LogP contribution is 2.21. The van der Waals surface area contributed by atoms with Crippen LogP contribution in [0.2, 0.25) is 0 Å². The van der Waals surface area contributed by atoms with E-state index in [0.29, 0.717) is 6.54 Å². The molecule has 1 saturated heterocycles. The molecule has 1 heterocycles. The van der Waals surface area contributed by atoms with Crippen LogP contribution in [0.5, 0.6) is 0 Å². The molecule has 1 aromatic rings. The van der Waals surface area contributed by atoms with Gasteiger partial charge in [-0.25, -0.2) is 0 Å². The summed E-state index contributed by atoms with van der Waals surface area (Å²) in [6.07, 6.45) is 5.04. The number of nitrogens with zero attached hydrogens (tertiary/aromatic N) is 2. The van der Waals surface area contributed by atoms with Crippen molar-refractivity contribution in [1.29, 1.82) is 0 Å². The van der Waals surface area contributed by atoms with Gasteiger partial charge in [-0.3, -0.25) is 4.90 Å². The van der Waals surface area contributed by atoms with Crippen LogP contribution in [-0.2, 0) is 0 Å². The molecule has 0 radical (unpaired) electrons. The molecule has 1 atom stereocenters. The Morgan fingerprint density at radius 1 is 1.32 bits per heavy atom. The molecule has 4 heteroatoms. The standard InChI is InChI=1S/C18H29N3O/c1-3-4-7-16-8-5-6-9-18(16)20(2)14-17(22)15-21-12-10-19-11-13-21/h4-9,17,19,22H,3,10-15H2,1-2H3/b7-4+. The van der Waals surface area contributed by atoms with Gasteiger partial charge in [0.25, 0.3) is 0 Å². The SMILES string of the molecule is CC/C=C/c1ccccc1N(C)CC(O)CN1CCNCC1. The Kier molecular flexibility index (Phi) is 6.90.